The van der Waals surface area contributed by atoms with Crippen LogP contribution in [-0.2, 0) is 0 Å². The van der Waals surface area contributed by atoms with Crippen molar-refractivity contribution in [3.63, 3.8) is 0 Å². The van der Waals surface area contributed by atoms with E-state index in [1.165, 1.54) is 0 Å². The Labute approximate surface area is 86.4 Å². The molecule has 0 saturated heterocycles. The average molecular weight is 198 g/mol. The molecule has 3 aromatic rings. The second-order valence-electron chi connectivity index (χ2n) is 3.67. The Morgan fingerprint density at radius 1 is 1.13 bits per heavy atom. The number of fused-ring (bicyclic) bond motifs is 3. The largest absolute Gasteiger partial charge is 0.506 e. The van der Waals surface area contributed by atoms with E-state index >= 15 is 0 Å². The second-order valence-corrected chi connectivity index (χ2v) is 3.67. The Morgan fingerprint density at radius 3 is 2.87 bits per heavy atom. The number of phenolic OH excluding ortho intramolecular Hbond substituents is 1. The van der Waals surface area contributed by atoms with Crippen LogP contribution in [0.1, 0.15) is 5.69 Å². The van der Waals surface area contributed by atoms with Gasteiger partial charge in [0, 0.05) is 16.5 Å². The molecule has 0 saturated carbocycles. The molecule has 3 heteroatoms. The molecule has 0 radical (unpaired) electrons. The van der Waals surface area contributed by atoms with Gasteiger partial charge in [0.25, 0.3) is 0 Å². The van der Waals surface area contributed by atoms with E-state index in [0.29, 0.717) is 0 Å². The van der Waals surface area contributed by atoms with Crippen molar-refractivity contribution in [2.45, 2.75) is 6.92 Å². The van der Waals surface area contributed by atoms with Crippen LogP contribution in [0.5, 0.6) is 5.75 Å². The van der Waals surface area contributed by atoms with Crippen LogP contribution in [0.15, 0.2) is 30.3 Å². The molecule has 0 atom stereocenters. The van der Waals surface area contributed by atoms with E-state index in [1.807, 2.05) is 31.2 Å². The van der Waals surface area contributed by atoms with E-state index in [0.717, 1.165) is 27.6 Å². The Balaban J connectivity index is 2.57. The highest BCUT2D eigenvalue weighted by molar-refractivity contribution is 6.07. The molecule has 0 amide bonds. The molecule has 2 heterocycles. The molecule has 0 aliphatic carbocycles. The SMILES string of the molecule is Cc1ccc2c(n1)[nH]c1c(O)cccc12. The summed E-state index contributed by atoms with van der Waals surface area (Å²) in [6, 6.07) is 9.48. The normalized spacial score (nSPS) is 11.3. The number of aromatic amines is 1. The predicted molar refractivity (Wildman–Crippen MR) is 60.0 cm³/mol. The third-order valence-electron chi connectivity index (χ3n) is 2.61. The highest BCUT2D eigenvalue weighted by Gasteiger charge is 2.07. The van der Waals surface area contributed by atoms with Gasteiger partial charge in [0.15, 0.2) is 0 Å². The molecular weight excluding hydrogens is 188 g/mol. The van der Waals surface area contributed by atoms with Crippen molar-refractivity contribution in [3.05, 3.63) is 36.0 Å². The zero-order chi connectivity index (χ0) is 10.4. The lowest BCUT2D eigenvalue weighted by atomic mass is 10.2. The smallest absolute Gasteiger partial charge is 0.139 e. The van der Waals surface area contributed by atoms with Crippen molar-refractivity contribution < 1.29 is 5.11 Å². The Hall–Kier alpha value is -2.03. The van der Waals surface area contributed by atoms with Gasteiger partial charge in [0.2, 0.25) is 0 Å². The van der Waals surface area contributed by atoms with E-state index < -0.39 is 0 Å². The van der Waals surface area contributed by atoms with Crippen LogP contribution < -0.4 is 0 Å². The number of hydrogen-bond donors (Lipinski definition) is 2. The van der Waals surface area contributed by atoms with Gasteiger partial charge in [-0.05, 0) is 25.1 Å². The summed E-state index contributed by atoms with van der Waals surface area (Å²) in [5.74, 6) is 0.267. The number of H-pyrrole nitrogens is 1. The molecule has 74 valence electrons. The van der Waals surface area contributed by atoms with Gasteiger partial charge in [0.1, 0.15) is 11.4 Å². The van der Waals surface area contributed by atoms with Gasteiger partial charge in [-0.1, -0.05) is 12.1 Å². The number of hydrogen-bond acceptors (Lipinski definition) is 2. The van der Waals surface area contributed by atoms with E-state index in [4.69, 9.17) is 0 Å². The molecule has 0 aliphatic heterocycles. The summed E-state index contributed by atoms with van der Waals surface area (Å²) in [6.45, 7) is 1.95. The highest BCUT2D eigenvalue weighted by atomic mass is 16.3. The number of nitrogens with one attached hydrogen (secondary N) is 1. The van der Waals surface area contributed by atoms with Gasteiger partial charge in [0.05, 0.1) is 5.52 Å². The minimum Gasteiger partial charge on any atom is -0.506 e. The van der Waals surface area contributed by atoms with Crippen molar-refractivity contribution in [1.29, 1.82) is 0 Å². The quantitative estimate of drug-likeness (QED) is 0.583. The first kappa shape index (κ1) is 8.29. The van der Waals surface area contributed by atoms with Crippen LogP contribution in [0.3, 0.4) is 0 Å². The summed E-state index contributed by atoms with van der Waals surface area (Å²) in [5, 5.41) is 11.7. The number of aromatic nitrogens is 2. The summed E-state index contributed by atoms with van der Waals surface area (Å²) in [5.41, 5.74) is 2.55. The molecule has 0 spiro atoms. The van der Waals surface area contributed by atoms with Crippen LogP contribution in [0.2, 0.25) is 0 Å². The standard InChI is InChI=1S/C12H10N2O/c1-7-5-6-9-8-3-2-4-10(15)11(8)14-12(9)13-7/h2-6,15H,1H3,(H,13,14). The summed E-state index contributed by atoms with van der Waals surface area (Å²) in [4.78, 5) is 7.51. The molecule has 0 fully saturated rings. The fourth-order valence-electron chi connectivity index (χ4n) is 1.88. The third-order valence-corrected chi connectivity index (χ3v) is 2.61. The molecule has 15 heavy (non-hydrogen) atoms. The van der Waals surface area contributed by atoms with Crippen LogP contribution in [0.4, 0.5) is 0 Å². The third kappa shape index (κ3) is 1.09. The minimum absolute atomic E-state index is 0.267. The van der Waals surface area contributed by atoms with E-state index in [1.54, 1.807) is 6.07 Å². The molecule has 2 N–H and O–H groups in total. The second kappa shape index (κ2) is 2.73. The number of aromatic hydroxyl groups is 1. The maximum Gasteiger partial charge on any atom is 0.139 e. The average Bonchev–Trinajstić information content (AvgIpc) is 2.57. The van der Waals surface area contributed by atoms with Crippen LogP contribution >= 0.6 is 0 Å². The Morgan fingerprint density at radius 2 is 2.00 bits per heavy atom. The molecule has 3 nitrogen and oxygen atoms in total. The molecule has 0 aliphatic rings. The van der Waals surface area contributed by atoms with Crippen molar-refractivity contribution in [2.75, 3.05) is 0 Å². The highest BCUT2D eigenvalue weighted by Crippen LogP contribution is 2.29. The number of aryl methyl sites for hydroxylation is 1. The van der Waals surface area contributed by atoms with Crippen LogP contribution in [-0.4, -0.2) is 15.1 Å². The van der Waals surface area contributed by atoms with Gasteiger partial charge < -0.3 is 10.1 Å². The molecule has 1 aromatic carbocycles. The summed E-state index contributed by atoms with van der Waals surface area (Å²) >= 11 is 0. The van der Waals surface area contributed by atoms with E-state index in [2.05, 4.69) is 9.97 Å². The van der Waals surface area contributed by atoms with E-state index in [-0.39, 0.29) is 5.75 Å². The number of para-hydroxylation sites is 1. The molecule has 3 rings (SSSR count). The lowest BCUT2D eigenvalue weighted by Crippen LogP contribution is -1.79. The Bertz CT molecular complexity index is 655. The van der Waals surface area contributed by atoms with Crippen molar-refractivity contribution >= 4 is 21.9 Å². The van der Waals surface area contributed by atoms with Crippen molar-refractivity contribution in [3.8, 4) is 5.75 Å². The number of benzene rings is 1. The van der Waals surface area contributed by atoms with Crippen molar-refractivity contribution in [2.24, 2.45) is 0 Å². The maximum absolute atomic E-state index is 9.68. The van der Waals surface area contributed by atoms with Crippen LogP contribution in [0, 0.1) is 6.92 Å². The lowest BCUT2D eigenvalue weighted by Gasteiger charge is -1.92. The zero-order valence-corrected chi connectivity index (χ0v) is 8.28. The minimum atomic E-state index is 0.267. The summed E-state index contributed by atoms with van der Waals surface area (Å²) in [7, 11) is 0. The summed E-state index contributed by atoms with van der Waals surface area (Å²) in [6.07, 6.45) is 0. The number of pyridine rings is 1. The number of nitrogens with zero attached hydrogens (tertiary/aromatic N) is 1. The van der Waals surface area contributed by atoms with Gasteiger partial charge in [-0.15, -0.1) is 0 Å². The monoisotopic (exact) mass is 198 g/mol. The lowest BCUT2D eigenvalue weighted by molar-refractivity contribution is 0.480. The fourth-order valence-corrected chi connectivity index (χ4v) is 1.88. The molecule has 0 unspecified atom stereocenters. The predicted octanol–water partition coefficient (Wildman–Crippen LogP) is 2.73. The maximum atomic E-state index is 9.68. The molecule has 2 aromatic heterocycles. The van der Waals surface area contributed by atoms with Gasteiger partial charge in [-0.3, -0.25) is 0 Å². The number of phenols is 1. The first-order valence-electron chi connectivity index (χ1n) is 4.83. The van der Waals surface area contributed by atoms with Gasteiger partial charge in [-0.2, -0.15) is 0 Å². The van der Waals surface area contributed by atoms with Gasteiger partial charge in [-0.25, -0.2) is 4.98 Å². The zero-order valence-electron chi connectivity index (χ0n) is 8.28. The Kier molecular flexibility index (Phi) is 1.51. The van der Waals surface area contributed by atoms with Crippen LogP contribution in [0.25, 0.3) is 21.9 Å². The topological polar surface area (TPSA) is 48.9 Å². The first-order valence-corrected chi connectivity index (χ1v) is 4.83. The van der Waals surface area contributed by atoms with Gasteiger partial charge >= 0.3 is 0 Å². The molecular formula is C12H10N2O. The van der Waals surface area contributed by atoms with E-state index in [9.17, 15) is 5.11 Å². The van der Waals surface area contributed by atoms with Crippen molar-refractivity contribution in [1.82, 2.24) is 9.97 Å². The number of rotatable bonds is 0. The molecule has 0 bridgehead atoms. The first-order chi connectivity index (χ1) is 7.25. The summed E-state index contributed by atoms with van der Waals surface area (Å²) < 4.78 is 0. The fraction of sp³-hybridized carbons (Fsp3) is 0.0833.